The Balaban J connectivity index is 2.77. The van der Waals surface area contributed by atoms with Crippen molar-refractivity contribution >= 4 is 33.2 Å². The summed E-state index contributed by atoms with van der Waals surface area (Å²) in [4.78, 5) is 11.8. The number of nitrogens with two attached hydrogens (primary N) is 1. The summed E-state index contributed by atoms with van der Waals surface area (Å²) in [5, 5.41) is 0. The zero-order valence-corrected chi connectivity index (χ0v) is 11.4. The minimum atomic E-state index is -1.81. The first-order chi connectivity index (χ1) is 7.47. The van der Waals surface area contributed by atoms with E-state index in [1.54, 1.807) is 13.0 Å². The topological polar surface area (TPSA) is 52.3 Å². The van der Waals surface area contributed by atoms with E-state index in [-0.39, 0.29) is 6.61 Å². The highest BCUT2D eigenvalue weighted by atomic mass is 79.9. The highest BCUT2D eigenvalue weighted by Gasteiger charge is 2.29. The van der Waals surface area contributed by atoms with Gasteiger partial charge < -0.3 is 10.5 Å². The van der Waals surface area contributed by atoms with E-state index in [4.69, 9.17) is 5.73 Å². The van der Waals surface area contributed by atoms with Crippen LogP contribution in [0.2, 0.25) is 0 Å². The number of halogens is 2. The fourth-order valence-electron chi connectivity index (χ4n) is 1.16. The summed E-state index contributed by atoms with van der Waals surface area (Å²) >= 11 is 4.66. The van der Waals surface area contributed by atoms with Crippen LogP contribution in [-0.2, 0) is 9.53 Å². The first kappa shape index (κ1) is 13.6. The third-order valence-corrected chi connectivity index (χ3v) is 4.27. The van der Waals surface area contributed by atoms with Gasteiger partial charge in [-0.3, -0.25) is 0 Å². The molecule has 6 heteroatoms. The van der Waals surface area contributed by atoms with Crippen molar-refractivity contribution in [3.05, 3.63) is 20.3 Å². The van der Waals surface area contributed by atoms with E-state index >= 15 is 0 Å². The second-order valence-electron chi connectivity index (χ2n) is 3.29. The monoisotopic (exact) mass is 309 g/mol. The molecular weight excluding hydrogens is 297 g/mol. The molecule has 16 heavy (non-hydrogen) atoms. The van der Waals surface area contributed by atoms with Gasteiger partial charge in [-0.1, -0.05) is 0 Å². The third-order valence-electron chi connectivity index (χ3n) is 2.03. The van der Waals surface area contributed by atoms with Crippen LogP contribution in [0.1, 0.15) is 23.4 Å². The summed E-state index contributed by atoms with van der Waals surface area (Å²) in [5.74, 6) is -0.905. The van der Waals surface area contributed by atoms with Crippen LogP contribution in [0.5, 0.6) is 0 Å². The van der Waals surface area contributed by atoms with E-state index in [0.717, 1.165) is 9.35 Å². The molecule has 0 aliphatic rings. The molecule has 0 saturated carbocycles. The highest BCUT2D eigenvalue weighted by molar-refractivity contribution is 9.11. The maximum Gasteiger partial charge on any atom is 0.342 e. The Morgan fingerprint density at radius 2 is 2.38 bits per heavy atom. The second-order valence-corrected chi connectivity index (χ2v) is 5.69. The smallest absolute Gasteiger partial charge is 0.342 e. The minimum Gasteiger partial charge on any atom is -0.464 e. The molecule has 2 atom stereocenters. The molecule has 1 rings (SSSR count). The number of rotatable bonds is 4. The molecule has 0 spiro atoms. The van der Waals surface area contributed by atoms with Gasteiger partial charge in [0.1, 0.15) is 0 Å². The molecule has 2 N–H and O–H groups in total. The number of thiophene rings is 1. The first-order valence-corrected chi connectivity index (χ1v) is 6.40. The van der Waals surface area contributed by atoms with Gasteiger partial charge in [0.25, 0.3) is 0 Å². The first-order valence-electron chi connectivity index (χ1n) is 4.79. The van der Waals surface area contributed by atoms with Gasteiger partial charge in [-0.05, 0) is 41.4 Å². The van der Waals surface area contributed by atoms with Crippen LogP contribution < -0.4 is 5.73 Å². The average Bonchev–Trinajstić information content (AvgIpc) is 2.57. The van der Waals surface area contributed by atoms with Crippen LogP contribution in [0.3, 0.4) is 0 Å². The average molecular weight is 310 g/mol. The molecule has 1 aromatic heterocycles. The van der Waals surface area contributed by atoms with E-state index in [9.17, 15) is 9.18 Å². The molecular formula is C10H13BrFNO2S. The quantitative estimate of drug-likeness (QED) is 0.870. The lowest BCUT2D eigenvalue weighted by Crippen LogP contribution is -2.30. The molecule has 1 aromatic rings. The predicted molar refractivity (Wildman–Crippen MR) is 65.2 cm³/mol. The Morgan fingerprint density at radius 3 is 2.81 bits per heavy atom. The lowest BCUT2D eigenvalue weighted by molar-refractivity contribution is -0.149. The zero-order chi connectivity index (χ0) is 12.3. The SMILES string of the molecule is CCOC(=O)C(F)[C@@H](N)c1cc(C)c(Br)s1. The van der Waals surface area contributed by atoms with Crippen molar-refractivity contribution in [2.24, 2.45) is 5.73 Å². The van der Waals surface area contributed by atoms with Crippen molar-refractivity contribution in [1.82, 2.24) is 0 Å². The molecule has 0 radical (unpaired) electrons. The van der Waals surface area contributed by atoms with Gasteiger partial charge >= 0.3 is 5.97 Å². The largest absolute Gasteiger partial charge is 0.464 e. The molecule has 90 valence electrons. The summed E-state index contributed by atoms with van der Waals surface area (Å²) in [6, 6.07) is 0.805. The Bertz CT molecular complexity index is 363. The molecule has 0 aliphatic heterocycles. The number of hydrogen-bond acceptors (Lipinski definition) is 4. The molecule has 0 fully saturated rings. The fourth-order valence-corrected chi connectivity index (χ4v) is 2.75. The van der Waals surface area contributed by atoms with Crippen molar-refractivity contribution in [3.63, 3.8) is 0 Å². The Kier molecular flexibility index (Phi) is 4.89. The van der Waals surface area contributed by atoms with Gasteiger partial charge in [-0.2, -0.15) is 0 Å². The maximum absolute atomic E-state index is 13.6. The number of esters is 1. The number of alkyl halides is 1. The molecule has 0 amide bonds. The summed E-state index contributed by atoms with van der Waals surface area (Å²) in [6.45, 7) is 3.66. The van der Waals surface area contributed by atoms with Crippen molar-refractivity contribution in [2.45, 2.75) is 26.1 Å². The Morgan fingerprint density at radius 1 is 1.75 bits per heavy atom. The molecule has 0 bridgehead atoms. The van der Waals surface area contributed by atoms with E-state index in [1.165, 1.54) is 11.3 Å². The molecule has 0 aromatic carbocycles. The Hall–Kier alpha value is -0.460. The van der Waals surface area contributed by atoms with Crippen LogP contribution in [0.25, 0.3) is 0 Å². The van der Waals surface area contributed by atoms with Gasteiger partial charge in [0, 0.05) is 4.88 Å². The van der Waals surface area contributed by atoms with Gasteiger partial charge in [0.15, 0.2) is 0 Å². The number of aryl methyl sites for hydroxylation is 1. The summed E-state index contributed by atoms with van der Waals surface area (Å²) in [7, 11) is 0. The number of carbonyl (C=O) groups is 1. The van der Waals surface area contributed by atoms with E-state index < -0.39 is 18.2 Å². The van der Waals surface area contributed by atoms with Crippen molar-refractivity contribution < 1.29 is 13.9 Å². The summed E-state index contributed by atoms with van der Waals surface area (Å²) in [6.07, 6.45) is -1.81. The normalized spacial score (nSPS) is 14.6. The fraction of sp³-hybridized carbons (Fsp3) is 0.500. The number of ether oxygens (including phenoxy) is 1. The van der Waals surface area contributed by atoms with Crippen LogP contribution in [-0.4, -0.2) is 18.7 Å². The predicted octanol–water partition coefficient (Wildman–Crippen LogP) is 2.72. The number of carbonyl (C=O) groups excluding carboxylic acids is 1. The van der Waals surface area contributed by atoms with Gasteiger partial charge in [-0.25, -0.2) is 9.18 Å². The lowest BCUT2D eigenvalue weighted by Gasteiger charge is -2.13. The van der Waals surface area contributed by atoms with Crippen LogP contribution >= 0.6 is 27.3 Å². The van der Waals surface area contributed by atoms with Gasteiger partial charge in [-0.15, -0.1) is 11.3 Å². The third kappa shape index (κ3) is 3.02. The molecule has 1 unspecified atom stereocenters. The van der Waals surface area contributed by atoms with Crippen LogP contribution in [0.4, 0.5) is 4.39 Å². The highest BCUT2D eigenvalue weighted by Crippen LogP contribution is 2.32. The molecule has 0 saturated heterocycles. The lowest BCUT2D eigenvalue weighted by atomic mass is 10.1. The van der Waals surface area contributed by atoms with Gasteiger partial charge in [0.2, 0.25) is 6.17 Å². The van der Waals surface area contributed by atoms with E-state index in [2.05, 4.69) is 20.7 Å². The molecule has 3 nitrogen and oxygen atoms in total. The van der Waals surface area contributed by atoms with Crippen molar-refractivity contribution in [3.8, 4) is 0 Å². The zero-order valence-electron chi connectivity index (χ0n) is 9.00. The van der Waals surface area contributed by atoms with E-state index in [1.807, 2.05) is 6.92 Å². The van der Waals surface area contributed by atoms with Crippen LogP contribution in [0, 0.1) is 6.92 Å². The maximum atomic E-state index is 13.6. The molecule has 1 heterocycles. The Labute approximate surface area is 106 Å². The van der Waals surface area contributed by atoms with Crippen molar-refractivity contribution in [2.75, 3.05) is 6.61 Å². The summed E-state index contributed by atoms with van der Waals surface area (Å²) < 4.78 is 19.1. The van der Waals surface area contributed by atoms with Gasteiger partial charge in [0.05, 0.1) is 16.4 Å². The number of hydrogen-bond donors (Lipinski definition) is 1. The summed E-state index contributed by atoms with van der Waals surface area (Å²) in [5.41, 5.74) is 6.64. The standard InChI is InChI=1S/C10H13BrFNO2S/c1-3-15-10(14)7(12)8(13)6-4-5(2)9(11)16-6/h4,7-8H,3,13H2,1-2H3/t7?,8-/m0/s1. The van der Waals surface area contributed by atoms with Crippen molar-refractivity contribution in [1.29, 1.82) is 0 Å². The minimum absolute atomic E-state index is 0.152. The molecule has 0 aliphatic carbocycles. The van der Waals surface area contributed by atoms with Crippen LogP contribution in [0.15, 0.2) is 9.85 Å². The second kappa shape index (κ2) is 5.75. The van der Waals surface area contributed by atoms with E-state index in [0.29, 0.717) is 4.88 Å².